The summed E-state index contributed by atoms with van der Waals surface area (Å²) in [5, 5.41) is 0. The Bertz CT molecular complexity index is 808. The number of aryl methyl sites for hydroxylation is 1. The van der Waals surface area contributed by atoms with Crippen LogP contribution in [0.25, 0.3) is 0 Å². The number of aromatic nitrogens is 1. The van der Waals surface area contributed by atoms with Gasteiger partial charge in [0.1, 0.15) is 0 Å². The Morgan fingerprint density at radius 1 is 1.14 bits per heavy atom. The fourth-order valence-corrected chi connectivity index (χ4v) is 3.52. The van der Waals surface area contributed by atoms with Crippen molar-refractivity contribution >= 4 is 5.78 Å². The van der Waals surface area contributed by atoms with Gasteiger partial charge in [-0.3, -0.25) is 9.69 Å². The molecule has 0 aliphatic carbocycles. The Hall–Kier alpha value is -2.12. The Kier molecular flexibility index (Phi) is 6.57. The van der Waals surface area contributed by atoms with Crippen LogP contribution in [0.2, 0.25) is 0 Å². The molecular formula is C21H25F3N2O2. The molecule has 0 amide bonds. The SMILES string of the molecule is Cc1c(C(=O)Cc2cccc(C(F)(F)F)c2)ccn1CCCN1CCOCC1. The predicted octanol–water partition coefficient (Wildman–Crippen LogP) is 3.96. The first-order chi connectivity index (χ1) is 13.3. The van der Waals surface area contributed by atoms with Crippen molar-refractivity contribution in [1.82, 2.24) is 9.47 Å². The molecule has 0 bridgehead atoms. The fourth-order valence-electron chi connectivity index (χ4n) is 3.52. The van der Waals surface area contributed by atoms with Crippen molar-refractivity contribution in [2.75, 3.05) is 32.8 Å². The second-order valence-electron chi connectivity index (χ2n) is 7.11. The molecule has 2 aromatic rings. The minimum absolute atomic E-state index is 0.0391. The first kappa shape index (κ1) is 20.6. The molecule has 28 heavy (non-hydrogen) atoms. The topological polar surface area (TPSA) is 34.5 Å². The van der Waals surface area contributed by atoms with E-state index in [1.807, 2.05) is 17.7 Å². The van der Waals surface area contributed by atoms with Gasteiger partial charge in [-0.2, -0.15) is 13.2 Å². The number of hydrogen-bond acceptors (Lipinski definition) is 3. The highest BCUT2D eigenvalue weighted by atomic mass is 19.4. The van der Waals surface area contributed by atoms with Crippen LogP contribution in [0.5, 0.6) is 0 Å². The number of benzene rings is 1. The molecule has 1 aliphatic heterocycles. The molecule has 0 unspecified atom stereocenters. The third-order valence-corrected chi connectivity index (χ3v) is 5.14. The zero-order valence-electron chi connectivity index (χ0n) is 16.0. The summed E-state index contributed by atoms with van der Waals surface area (Å²) in [6.07, 6.45) is -1.59. The van der Waals surface area contributed by atoms with Gasteiger partial charge in [-0.05, 0) is 31.0 Å². The number of ether oxygens (including phenoxy) is 1. The molecule has 1 fully saturated rings. The van der Waals surface area contributed by atoms with Crippen LogP contribution in [0.15, 0.2) is 36.5 Å². The van der Waals surface area contributed by atoms with E-state index in [2.05, 4.69) is 4.90 Å². The van der Waals surface area contributed by atoms with Crippen LogP contribution < -0.4 is 0 Å². The molecule has 2 heterocycles. The van der Waals surface area contributed by atoms with Gasteiger partial charge in [0.05, 0.1) is 18.8 Å². The highest BCUT2D eigenvalue weighted by Crippen LogP contribution is 2.29. The maximum absolute atomic E-state index is 12.8. The zero-order chi connectivity index (χ0) is 20.1. The fraction of sp³-hybridized carbons (Fsp3) is 0.476. The number of rotatable bonds is 7. The third-order valence-electron chi connectivity index (χ3n) is 5.14. The van der Waals surface area contributed by atoms with Crippen molar-refractivity contribution in [1.29, 1.82) is 0 Å². The minimum Gasteiger partial charge on any atom is -0.379 e. The molecule has 0 spiro atoms. The summed E-state index contributed by atoms with van der Waals surface area (Å²) >= 11 is 0. The number of carbonyl (C=O) groups is 1. The molecule has 0 atom stereocenters. The van der Waals surface area contributed by atoms with Crippen LogP contribution in [-0.4, -0.2) is 48.1 Å². The lowest BCUT2D eigenvalue weighted by atomic mass is 10.0. The maximum Gasteiger partial charge on any atom is 0.416 e. The second-order valence-corrected chi connectivity index (χ2v) is 7.11. The van der Waals surface area contributed by atoms with E-state index in [0.717, 1.165) is 63.6 Å². The first-order valence-electron chi connectivity index (χ1n) is 9.50. The summed E-state index contributed by atoms with van der Waals surface area (Å²) in [7, 11) is 0. The van der Waals surface area contributed by atoms with Gasteiger partial charge >= 0.3 is 6.18 Å². The van der Waals surface area contributed by atoms with E-state index in [9.17, 15) is 18.0 Å². The molecule has 7 heteroatoms. The highest BCUT2D eigenvalue weighted by Gasteiger charge is 2.30. The molecule has 0 saturated carbocycles. The van der Waals surface area contributed by atoms with Gasteiger partial charge in [0, 0.05) is 50.1 Å². The second kappa shape index (κ2) is 8.92. The summed E-state index contributed by atoms with van der Waals surface area (Å²) in [6.45, 7) is 7.12. The van der Waals surface area contributed by atoms with E-state index in [1.165, 1.54) is 6.07 Å². The molecular weight excluding hydrogens is 369 g/mol. The molecule has 1 aliphatic rings. The average molecular weight is 394 g/mol. The molecule has 0 radical (unpaired) electrons. The number of halogens is 3. The maximum atomic E-state index is 12.8. The van der Waals surface area contributed by atoms with E-state index in [4.69, 9.17) is 4.74 Å². The lowest BCUT2D eigenvalue weighted by molar-refractivity contribution is -0.137. The Balaban J connectivity index is 1.59. The van der Waals surface area contributed by atoms with Gasteiger partial charge in [0.2, 0.25) is 0 Å². The van der Waals surface area contributed by atoms with Gasteiger partial charge in [0.25, 0.3) is 0 Å². The average Bonchev–Trinajstić information content (AvgIpc) is 3.03. The van der Waals surface area contributed by atoms with Crippen molar-refractivity contribution in [2.24, 2.45) is 0 Å². The van der Waals surface area contributed by atoms with E-state index in [1.54, 1.807) is 12.1 Å². The summed E-state index contributed by atoms with van der Waals surface area (Å²) < 4.78 is 45.9. The predicted molar refractivity (Wildman–Crippen MR) is 101 cm³/mol. The number of Topliss-reactive ketones (excluding diaryl/α,β-unsaturated/α-hetero) is 1. The smallest absolute Gasteiger partial charge is 0.379 e. The van der Waals surface area contributed by atoms with Crippen LogP contribution in [0.4, 0.5) is 13.2 Å². The van der Waals surface area contributed by atoms with Gasteiger partial charge in [-0.15, -0.1) is 0 Å². The van der Waals surface area contributed by atoms with E-state index >= 15 is 0 Å². The summed E-state index contributed by atoms with van der Waals surface area (Å²) in [5.41, 5.74) is 1.08. The van der Waals surface area contributed by atoms with Gasteiger partial charge in [-0.25, -0.2) is 0 Å². The summed E-state index contributed by atoms with van der Waals surface area (Å²) in [4.78, 5) is 15.0. The normalized spacial score (nSPS) is 15.7. The zero-order valence-corrected chi connectivity index (χ0v) is 16.0. The monoisotopic (exact) mass is 394 g/mol. The Labute approximate surface area is 162 Å². The van der Waals surface area contributed by atoms with Gasteiger partial charge in [-0.1, -0.05) is 18.2 Å². The number of ketones is 1. The molecule has 3 rings (SSSR count). The number of morpholine rings is 1. The molecule has 1 aromatic heterocycles. The van der Waals surface area contributed by atoms with Crippen LogP contribution in [0.3, 0.4) is 0 Å². The van der Waals surface area contributed by atoms with Crippen molar-refractivity contribution in [3.8, 4) is 0 Å². The number of carbonyl (C=O) groups excluding carboxylic acids is 1. The van der Waals surface area contributed by atoms with Gasteiger partial charge in [0.15, 0.2) is 5.78 Å². The van der Waals surface area contributed by atoms with Gasteiger partial charge < -0.3 is 9.30 Å². The largest absolute Gasteiger partial charge is 0.416 e. The highest BCUT2D eigenvalue weighted by molar-refractivity contribution is 5.98. The van der Waals surface area contributed by atoms with Crippen LogP contribution in [-0.2, 0) is 23.9 Å². The minimum atomic E-state index is -4.40. The lowest BCUT2D eigenvalue weighted by Gasteiger charge is -2.26. The van der Waals surface area contributed by atoms with E-state index in [-0.39, 0.29) is 12.2 Å². The van der Waals surface area contributed by atoms with Crippen LogP contribution >= 0.6 is 0 Å². The van der Waals surface area contributed by atoms with E-state index < -0.39 is 11.7 Å². The van der Waals surface area contributed by atoms with E-state index in [0.29, 0.717) is 11.1 Å². The first-order valence-corrected chi connectivity index (χ1v) is 9.50. The molecule has 0 N–H and O–H groups in total. The van der Waals surface area contributed by atoms with Crippen molar-refractivity contribution in [2.45, 2.75) is 32.5 Å². The van der Waals surface area contributed by atoms with Crippen molar-refractivity contribution < 1.29 is 22.7 Å². The van der Waals surface area contributed by atoms with Crippen molar-refractivity contribution in [3.05, 3.63) is 58.9 Å². The summed E-state index contributed by atoms with van der Waals surface area (Å²) in [6, 6.07) is 6.73. The number of hydrogen-bond donors (Lipinski definition) is 0. The Morgan fingerprint density at radius 3 is 2.61 bits per heavy atom. The number of nitrogens with zero attached hydrogens (tertiary/aromatic N) is 2. The Morgan fingerprint density at radius 2 is 1.89 bits per heavy atom. The standard InChI is InChI=1S/C21H25F3N2O2/c1-16-19(6-9-26(16)8-3-7-25-10-12-28-13-11-25)20(27)15-17-4-2-5-18(14-17)21(22,23)24/h2,4-6,9,14H,3,7-8,10-13,15H2,1H3. The lowest BCUT2D eigenvalue weighted by Crippen LogP contribution is -2.37. The molecule has 4 nitrogen and oxygen atoms in total. The molecule has 1 aromatic carbocycles. The molecule has 152 valence electrons. The third kappa shape index (κ3) is 5.23. The summed E-state index contributed by atoms with van der Waals surface area (Å²) in [5.74, 6) is -0.163. The van der Waals surface area contributed by atoms with Crippen LogP contribution in [0, 0.1) is 6.92 Å². The van der Waals surface area contributed by atoms with Crippen LogP contribution in [0.1, 0.15) is 33.6 Å². The number of alkyl halides is 3. The molecule has 1 saturated heterocycles. The quantitative estimate of drug-likeness (QED) is 0.667. The van der Waals surface area contributed by atoms with Crippen molar-refractivity contribution in [3.63, 3.8) is 0 Å².